The van der Waals surface area contributed by atoms with Crippen molar-refractivity contribution < 1.29 is 9.90 Å². The number of amides is 1. The van der Waals surface area contributed by atoms with Crippen molar-refractivity contribution in [2.24, 2.45) is 5.41 Å². The van der Waals surface area contributed by atoms with Crippen molar-refractivity contribution in [2.45, 2.75) is 37.8 Å². The predicted octanol–water partition coefficient (Wildman–Crippen LogP) is 2.68. The third kappa shape index (κ3) is 2.42. The number of benzene rings is 1. The maximum atomic E-state index is 13.0. The van der Waals surface area contributed by atoms with Crippen LogP contribution in [0.2, 0.25) is 0 Å². The summed E-state index contributed by atoms with van der Waals surface area (Å²) in [7, 11) is 0. The summed E-state index contributed by atoms with van der Waals surface area (Å²) in [6.07, 6.45) is 7.04. The van der Waals surface area contributed by atoms with Gasteiger partial charge in [0.25, 0.3) is 5.91 Å². The molecule has 3 atom stereocenters. The summed E-state index contributed by atoms with van der Waals surface area (Å²) < 4.78 is 0. The van der Waals surface area contributed by atoms with Gasteiger partial charge in [-0.2, -0.15) is 0 Å². The molecule has 24 heavy (non-hydrogen) atoms. The molecule has 0 unspecified atom stereocenters. The molecule has 2 fully saturated rings. The van der Waals surface area contributed by atoms with Crippen LogP contribution in [-0.2, 0) is 6.42 Å². The Hall–Kier alpha value is -2.20. The quantitative estimate of drug-likeness (QED) is 0.941. The summed E-state index contributed by atoms with van der Waals surface area (Å²) in [4.78, 5) is 19.1. The number of carbonyl (C=O) groups is 1. The highest BCUT2D eigenvalue weighted by Gasteiger charge is 2.57. The van der Waals surface area contributed by atoms with E-state index < -0.39 is 0 Å². The number of pyridine rings is 1. The van der Waals surface area contributed by atoms with Crippen LogP contribution in [0.4, 0.5) is 0 Å². The first-order valence-electron chi connectivity index (χ1n) is 8.61. The Bertz CT molecular complexity index is 719. The summed E-state index contributed by atoms with van der Waals surface area (Å²) in [5.74, 6) is 0.0546. The van der Waals surface area contributed by atoms with Gasteiger partial charge in [-0.15, -0.1) is 0 Å². The van der Waals surface area contributed by atoms with E-state index in [-0.39, 0.29) is 30.0 Å². The Kier molecular flexibility index (Phi) is 3.85. The Morgan fingerprint density at radius 3 is 2.75 bits per heavy atom. The predicted molar refractivity (Wildman–Crippen MR) is 91.5 cm³/mol. The Morgan fingerprint density at radius 2 is 2.04 bits per heavy atom. The SMILES string of the molecule is O=C(c1cccnc1)N1[C@H]2CC[C@@H]1[C@@](CO)(Cc1ccccc1)C2. The lowest BCUT2D eigenvalue weighted by atomic mass is 9.70. The molecule has 2 aromatic rings. The van der Waals surface area contributed by atoms with Crippen molar-refractivity contribution in [3.05, 3.63) is 66.0 Å². The molecule has 1 aromatic heterocycles. The zero-order valence-electron chi connectivity index (χ0n) is 13.6. The van der Waals surface area contributed by atoms with Gasteiger partial charge in [0.05, 0.1) is 12.2 Å². The van der Waals surface area contributed by atoms with Crippen LogP contribution in [-0.4, -0.2) is 39.6 Å². The summed E-state index contributed by atoms with van der Waals surface area (Å²) in [5, 5.41) is 10.2. The van der Waals surface area contributed by atoms with E-state index in [0.717, 1.165) is 25.7 Å². The van der Waals surface area contributed by atoms with Crippen LogP contribution in [0.3, 0.4) is 0 Å². The minimum absolute atomic E-state index is 0.0546. The first-order valence-corrected chi connectivity index (χ1v) is 8.61. The molecule has 0 saturated carbocycles. The molecule has 4 nitrogen and oxygen atoms in total. The number of aromatic nitrogens is 1. The largest absolute Gasteiger partial charge is 0.396 e. The molecule has 2 aliphatic heterocycles. The normalized spacial score (nSPS) is 28.3. The molecule has 1 aromatic carbocycles. The second-order valence-corrected chi connectivity index (χ2v) is 7.09. The monoisotopic (exact) mass is 322 g/mol. The summed E-state index contributed by atoms with van der Waals surface area (Å²) in [6, 6.07) is 14.3. The lowest BCUT2D eigenvalue weighted by Gasteiger charge is -2.36. The summed E-state index contributed by atoms with van der Waals surface area (Å²) in [5.41, 5.74) is 1.65. The highest BCUT2D eigenvalue weighted by atomic mass is 16.3. The molecule has 0 radical (unpaired) electrons. The smallest absolute Gasteiger partial charge is 0.255 e. The van der Waals surface area contributed by atoms with Gasteiger partial charge in [-0.05, 0) is 43.4 Å². The van der Waals surface area contributed by atoms with Gasteiger partial charge >= 0.3 is 0 Å². The molecule has 4 heteroatoms. The highest BCUT2D eigenvalue weighted by Crippen LogP contribution is 2.51. The molecule has 3 heterocycles. The van der Waals surface area contributed by atoms with Gasteiger partial charge in [0.2, 0.25) is 0 Å². The van der Waals surface area contributed by atoms with E-state index in [1.165, 1.54) is 5.56 Å². The van der Waals surface area contributed by atoms with Crippen LogP contribution in [0, 0.1) is 5.41 Å². The van der Waals surface area contributed by atoms with E-state index in [9.17, 15) is 9.90 Å². The molecule has 4 rings (SSSR count). The average molecular weight is 322 g/mol. The van der Waals surface area contributed by atoms with E-state index in [1.807, 2.05) is 29.2 Å². The second-order valence-electron chi connectivity index (χ2n) is 7.09. The zero-order valence-corrected chi connectivity index (χ0v) is 13.6. The van der Waals surface area contributed by atoms with Crippen LogP contribution in [0.15, 0.2) is 54.9 Å². The Labute approximate surface area is 142 Å². The third-order valence-electron chi connectivity index (χ3n) is 5.71. The van der Waals surface area contributed by atoms with E-state index in [0.29, 0.717) is 5.56 Å². The molecule has 2 bridgehead atoms. The van der Waals surface area contributed by atoms with Crippen molar-refractivity contribution in [1.29, 1.82) is 0 Å². The molecule has 0 aliphatic carbocycles. The van der Waals surface area contributed by atoms with Crippen molar-refractivity contribution >= 4 is 5.91 Å². The first-order chi connectivity index (χ1) is 11.7. The highest BCUT2D eigenvalue weighted by molar-refractivity contribution is 5.94. The number of aliphatic hydroxyl groups is 1. The van der Waals surface area contributed by atoms with Crippen LogP contribution in [0.25, 0.3) is 0 Å². The fraction of sp³-hybridized carbons (Fsp3) is 0.400. The number of aliphatic hydroxyl groups excluding tert-OH is 1. The standard InChI is InChI=1S/C20H22N2O2/c23-14-20(11-15-5-2-1-3-6-15)12-17-8-9-18(20)22(17)19(24)16-7-4-10-21-13-16/h1-7,10,13,17-18,23H,8-9,11-12,14H2/t17-,18+,20-/m0/s1. The molecular weight excluding hydrogens is 300 g/mol. The number of nitrogens with zero attached hydrogens (tertiary/aromatic N) is 2. The first kappa shape index (κ1) is 15.3. The Morgan fingerprint density at radius 1 is 1.21 bits per heavy atom. The summed E-state index contributed by atoms with van der Waals surface area (Å²) >= 11 is 0. The third-order valence-corrected chi connectivity index (χ3v) is 5.71. The summed E-state index contributed by atoms with van der Waals surface area (Å²) in [6.45, 7) is 0.125. The molecule has 2 aliphatic rings. The van der Waals surface area contributed by atoms with Crippen LogP contribution < -0.4 is 0 Å². The van der Waals surface area contributed by atoms with Crippen molar-refractivity contribution in [2.75, 3.05) is 6.61 Å². The minimum atomic E-state index is -0.220. The van der Waals surface area contributed by atoms with Gasteiger partial charge in [-0.25, -0.2) is 0 Å². The molecule has 1 amide bonds. The number of hydrogen-bond donors (Lipinski definition) is 1. The molecular formula is C20H22N2O2. The molecule has 124 valence electrons. The molecule has 2 saturated heterocycles. The van der Waals surface area contributed by atoms with Gasteiger partial charge in [-0.1, -0.05) is 30.3 Å². The maximum Gasteiger partial charge on any atom is 0.255 e. The Balaban J connectivity index is 1.62. The van der Waals surface area contributed by atoms with Crippen molar-refractivity contribution in [1.82, 2.24) is 9.88 Å². The fourth-order valence-electron chi connectivity index (χ4n) is 4.65. The van der Waals surface area contributed by atoms with Gasteiger partial charge in [-0.3, -0.25) is 9.78 Å². The lowest BCUT2D eigenvalue weighted by Crippen LogP contribution is -2.43. The number of carbonyl (C=O) groups excluding carboxylic acids is 1. The van der Waals surface area contributed by atoms with Crippen LogP contribution in [0.5, 0.6) is 0 Å². The fourth-order valence-corrected chi connectivity index (χ4v) is 4.65. The van der Waals surface area contributed by atoms with Gasteiger partial charge in [0.15, 0.2) is 0 Å². The van der Waals surface area contributed by atoms with E-state index in [4.69, 9.17) is 0 Å². The second kappa shape index (κ2) is 6.02. The van der Waals surface area contributed by atoms with Crippen molar-refractivity contribution in [3.8, 4) is 0 Å². The van der Waals surface area contributed by atoms with Crippen LogP contribution in [0.1, 0.15) is 35.2 Å². The average Bonchev–Trinajstić information content (AvgIpc) is 3.19. The van der Waals surface area contributed by atoms with Crippen molar-refractivity contribution in [3.63, 3.8) is 0 Å². The molecule has 1 N–H and O–H groups in total. The van der Waals surface area contributed by atoms with Gasteiger partial charge < -0.3 is 10.0 Å². The number of rotatable bonds is 4. The topological polar surface area (TPSA) is 53.4 Å². The van der Waals surface area contributed by atoms with E-state index >= 15 is 0 Å². The number of hydrogen-bond acceptors (Lipinski definition) is 3. The molecule has 0 spiro atoms. The van der Waals surface area contributed by atoms with E-state index in [1.54, 1.807) is 18.5 Å². The van der Waals surface area contributed by atoms with Gasteiger partial charge in [0, 0.05) is 29.9 Å². The van der Waals surface area contributed by atoms with Gasteiger partial charge in [0.1, 0.15) is 0 Å². The minimum Gasteiger partial charge on any atom is -0.396 e. The number of fused-ring (bicyclic) bond motifs is 2. The van der Waals surface area contributed by atoms with E-state index in [2.05, 4.69) is 17.1 Å². The lowest BCUT2D eigenvalue weighted by molar-refractivity contribution is 0.0571. The zero-order chi connectivity index (χ0) is 16.6. The maximum absolute atomic E-state index is 13.0. The van der Waals surface area contributed by atoms with Crippen LogP contribution >= 0.6 is 0 Å².